The van der Waals surface area contributed by atoms with Crippen molar-refractivity contribution in [1.82, 2.24) is 0 Å². The van der Waals surface area contributed by atoms with Crippen LogP contribution >= 0.6 is 11.8 Å². The summed E-state index contributed by atoms with van der Waals surface area (Å²) in [5.74, 6) is 0.714. The number of hydrogen-bond donors (Lipinski definition) is 1. The normalized spacial score (nSPS) is 13.3. The van der Waals surface area contributed by atoms with Crippen LogP contribution in [0.25, 0.3) is 0 Å². The Bertz CT molecular complexity index is 886. The minimum atomic E-state index is -4.41. The van der Waals surface area contributed by atoms with Gasteiger partial charge in [0.05, 0.1) is 12.2 Å². The summed E-state index contributed by atoms with van der Waals surface area (Å²) >= 11 is 1.42. The molecule has 5 nitrogen and oxygen atoms in total. The predicted molar refractivity (Wildman–Crippen MR) is 116 cm³/mol. The number of halogens is 3. The van der Waals surface area contributed by atoms with E-state index in [0.717, 1.165) is 22.6 Å². The van der Waals surface area contributed by atoms with Crippen LogP contribution in [0.5, 0.6) is 11.5 Å². The van der Waals surface area contributed by atoms with E-state index in [2.05, 4.69) is 0 Å². The quantitative estimate of drug-likeness (QED) is 0.355. The molecule has 0 radical (unpaired) electrons. The molecule has 0 aliphatic heterocycles. The Balaban J connectivity index is 1.91. The van der Waals surface area contributed by atoms with Gasteiger partial charge in [0.15, 0.2) is 6.61 Å². The topological polar surface area (TPSA) is 65.0 Å². The van der Waals surface area contributed by atoms with Gasteiger partial charge in [-0.15, -0.1) is 11.8 Å². The van der Waals surface area contributed by atoms with E-state index in [9.17, 15) is 23.1 Å². The van der Waals surface area contributed by atoms with E-state index in [0.29, 0.717) is 24.5 Å². The molecule has 0 amide bonds. The van der Waals surface area contributed by atoms with E-state index in [1.165, 1.54) is 23.9 Å². The largest absolute Gasteiger partial charge is 0.491 e. The molecule has 9 heteroatoms. The van der Waals surface area contributed by atoms with Gasteiger partial charge in [0.1, 0.15) is 23.7 Å². The molecule has 2 aromatic carbocycles. The second kappa shape index (κ2) is 11.5. The minimum absolute atomic E-state index is 0.0540. The Morgan fingerprint density at radius 1 is 1.06 bits per heavy atom. The highest BCUT2D eigenvalue weighted by Crippen LogP contribution is 2.32. The minimum Gasteiger partial charge on any atom is -0.491 e. The highest BCUT2D eigenvalue weighted by Gasteiger charge is 2.30. The van der Waals surface area contributed by atoms with Gasteiger partial charge in [0, 0.05) is 10.6 Å². The van der Waals surface area contributed by atoms with E-state index < -0.39 is 23.3 Å². The molecule has 176 valence electrons. The number of rotatable bonds is 11. The molecule has 0 aliphatic rings. The Hall–Kier alpha value is -2.39. The Morgan fingerprint density at radius 2 is 1.75 bits per heavy atom. The van der Waals surface area contributed by atoms with Crippen LogP contribution in [0.15, 0.2) is 47.4 Å². The lowest BCUT2D eigenvalue weighted by Gasteiger charge is -2.26. The fourth-order valence-electron chi connectivity index (χ4n) is 2.63. The zero-order chi connectivity index (χ0) is 23.8. The molecule has 0 spiro atoms. The number of aliphatic hydroxyl groups is 1. The monoisotopic (exact) mass is 472 g/mol. The summed E-state index contributed by atoms with van der Waals surface area (Å²) in [5, 5.41) is 10.8. The van der Waals surface area contributed by atoms with Gasteiger partial charge in [-0.25, -0.2) is 4.79 Å². The molecule has 0 aliphatic carbocycles. The SMILES string of the molecule is CCOC(=O)COc1ccc(SCC(O)(CC)COc2ccc(C(F)(F)F)cc2)cc1C. The summed E-state index contributed by atoms with van der Waals surface area (Å²) in [6, 6.07) is 9.84. The van der Waals surface area contributed by atoms with Crippen molar-refractivity contribution < 1.29 is 37.3 Å². The van der Waals surface area contributed by atoms with Gasteiger partial charge in [0.25, 0.3) is 0 Å². The number of carbonyl (C=O) groups excluding carboxylic acids is 1. The molecule has 32 heavy (non-hydrogen) atoms. The lowest BCUT2D eigenvalue weighted by atomic mass is 10.1. The van der Waals surface area contributed by atoms with Crippen molar-refractivity contribution in [3.8, 4) is 11.5 Å². The van der Waals surface area contributed by atoms with Crippen molar-refractivity contribution in [2.24, 2.45) is 0 Å². The molecule has 1 atom stereocenters. The number of benzene rings is 2. The van der Waals surface area contributed by atoms with E-state index in [4.69, 9.17) is 14.2 Å². The van der Waals surface area contributed by atoms with Crippen molar-refractivity contribution >= 4 is 17.7 Å². The summed E-state index contributed by atoms with van der Waals surface area (Å²) in [4.78, 5) is 12.3. The number of thioether (sulfide) groups is 1. The first kappa shape index (κ1) is 25.9. The molecule has 0 saturated heterocycles. The van der Waals surface area contributed by atoms with Gasteiger partial charge >= 0.3 is 12.1 Å². The zero-order valence-electron chi connectivity index (χ0n) is 18.2. The molecule has 0 aromatic heterocycles. The highest BCUT2D eigenvalue weighted by atomic mass is 32.2. The molecular formula is C23H27F3O5S. The number of esters is 1. The van der Waals surface area contributed by atoms with Gasteiger partial charge in [-0.1, -0.05) is 6.92 Å². The van der Waals surface area contributed by atoms with Crippen molar-refractivity contribution in [3.63, 3.8) is 0 Å². The fourth-order valence-corrected chi connectivity index (χ4v) is 3.78. The van der Waals surface area contributed by atoms with Crippen LogP contribution in [-0.2, 0) is 15.7 Å². The first-order valence-corrected chi connectivity index (χ1v) is 11.1. The number of hydrogen-bond acceptors (Lipinski definition) is 6. The number of aryl methyl sites for hydroxylation is 1. The zero-order valence-corrected chi connectivity index (χ0v) is 19.0. The van der Waals surface area contributed by atoms with Crippen molar-refractivity contribution in [2.75, 3.05) is 25.6 Å². The Kier molecular flexibility index (Phi) is 9.27. The van der Waals surface area contributed by atoms with Crippen LogP contribution < -0.4 is 9.47 Å². The molecule has 0 heterocycles. The second-order valence-corrected chi connectivity index (χ2v) is 8.25. The highest BCUT2D eigenvalue weighted by molar-refractivity contribution is 7.99. The summed E-state index contributed by atoms with van der Waals surface area (Å²) in [7, 11) is 0. The van der Waals surface area contributed by atoms with Crippen LogP contribution in [0, 0.1) is 6.92 Å². The molecule has 0 bridgehead atoms. The third kappa shape index (κ3) is 7.94. The van der Waals surface area contributed by atoms with E-state index in [1.807, 2.05) is 26.0 Å². The summed E-state index contributed by atoms with van der Waals surface area (Å²) < 4.78 is 53.8. The summed E-state index contributed by atoms with van der Waals surface area (Å²) in [6.07, 6.45) is -4.00. The molecular weight excluding hydrogens is 445 g/mol. The van der Waals surface area contributed by atoms with E-state index in [-0.39, 0.29) is 19.0 Å². The van der Waals surface area contributed by atoms with Crippen LogP contribution in [-0.4, -0.2) is 42.3 Å². The molecule has 0 saturated carbocycles. The average molecular weight is 473 g/mol. The third-order valence-corrected chi connectivity index (χ3v) is 5.92. The molecule has 0 fully saturated rings. The van der Waals surface area contributed by atoms with Crippen molar-refractivity contribution in [3.05, 3.63) is 53.6 Å². The Labute approximate surface area is 189 Å². The number of ether oxygens (including phenoxy) is 3. The maximum absolute atomic E-state index is 12.7. The van der Waals surface area contributed by atoms with E-state index in [1.54, 1.807) is 13.0 Å². The van der Waals surface area contributed by atoms with Crippen LogP contribution in [0.4, 0.5) is 13.2 Å². The van der Waals surface area contributed by atoms with E-state index >= 15 is 0 Å². The summed E-state index contributed by atoms with van der Waals surface area (Å²) in [6.45, 7) is 5.46. The predicted octanol–water partition coefficient (Wildman–Crippen LogP) is 5.27. The van der Waals surface area contributed by atoms with Crippen LogP contribution in [0.1, 0.15) is 31.4 Å². The van der Waals surface area contributed by atoms with Gasteiger partial charge in [-0.05, 0) is 68.3 Å². The molecule has 2 rings (SSSR count). The van der Waals surface area contributed by atoms with Gasteiger partial charge in [-0.3, -0.25) is 0 Å². The molecule has 1 N–H and O–H groups in total. The van der Waals surface area contributed by atoms with Crippen LogP contribution in [0.2, 0.25) is 0 Å². The van der Waals surface area contributed by atoms with Crippen LogP contribution in [0.3, 0.4) is 0 Å². The summed E-state index contributed by atoms with van der Waals surface area (Å²) in [5.41, 5.74) is -1.09. The average Bonchev–Trinajstić information content (AvgIpc) is 2.75. The van der Waals surface area contributed by atoms with Gasteiger partial charge < -0.3 is 19.3 Å². The van der Waals surface area contributed by atoms with Crippen molar-refractivity contribution in [1.29, 1.82) is 0 Å². The number of carbonyl (C=O) groups is 1. The standard InChI is InChI=1S/C23H27F3O5S/c1-4-22(28,14-31-18-8-6-17(7-9-18)23(24,25)26)15-32-19-10-11-20(16(3)12-19)30-13-21(27)29-5-2/h6-12,28H,4-5,13-15H2,1-3H3. The van der Waals surface area contributed by atoms with Crippen molar-refractivity contribution in [2.45, 2.75) is 43.9 Å². The number of alkyl halides is 3. The second-order valence-electron chi connectivity index (χ2n) is 7.20. The maximum Gasteiger partial charge on any atom is 0.416 e. The maximum atomic E-state index is 12.7. The molecule has 2 aromatic rings. The lowest BCUT2D eigenvalue weighted by Crippen LogP contribution is -2.38. The first-order valence-electron chi connectivity index (χ1n) is 10.1. The Morgan fingerprint density at radius 3 is 2.31 bits per heavy atom. The fraction of sp³-hybridized carbons (Fsp3) is 0.435. The lowest BCUT2D eigenvalue weighted by molar-refractivity contribution is -0.145. The first-order chi connectivity index (χ1) is 15.1. The smallest absolute Gasteiger partial charge is 0.416 e. The molecule has 1 unspecified atom stereocenters. The van der Waals surface area contributed by atoms with Gasteiger partial charge in [0.2, 0.25) is 0 Å². The van der Waals surface area contributed by atoms with Gasteiger partial charge in [-0.2, -0.15) is 13.2 Å². The third-order valence-electron chi connectivity index (χ3n) is 4.65.